The average molecular weight is 263 g/mol. The molecule has 20 heavy (non-hydrogen) atoms. The average Bonchev–Trinajstić information content (AvgIpc) is 2.51. The number of hydrogen-bond acceptors (Lipinski definition) is 3. The minimum Gasteiger partial charge on any atom is -0.398 e. The first kappa shape index (κ1) is 12.5. The second-order valence-electron chi connectivity index (χ2n) is 4.80. The van der Waals surface area contributed by atoms with Gasteiger partial charge in [0.1, 0.15) is 0 Å². The van der Waals surface area contributed by atoms with Crippen LogP contribution in [-0.2, 0) is 6.42 Å². The summed E-state index contributed by atoms with van der Waals surface area (Å²) in [4.78, 5) is 4.19. The van der Waals surface area contributed by atoms with Crippen LogP contribution in [0.2, 0.25) is 0 Å². The van der Waals surface area contributed by atoms with E-state index in [0.717, 1.165) is 34.3 Å². The number of aryl methyl sites for hydroxylation is 1. The summed E-state index contributed by atoms with van der Waals surface area (Å²) in [5, 5.41) is 5.49. The third-order valence-corrected chi connectivity index (χ3v) is 3.49. The predicted octanol–water partition coefficient (Wildman–Crippen LogP) is 4.12. The van der Waals surface area contributed by atoms with Crippen LogP contribution in [0.3, 0.4) is 0 Å². The van der Waals surface area contributed by atoms with Gasteiger partial charge in [-0.05, 0) is 42.3 Å². The molecule has 3 heteroatoms. The Morgan fingerprint density at radius 3 is 2.55 bits per heavy atom. The topological polar surface area (TPSA) is 50.9 Å². The molecule has 0 aliphatic carbocycles. The van der Waals surface area contributed by atoms with Gasteiger partial charge in [-0.2, -0.15) is 0 Å². The molecule has 0 saturated carbocycles. The Morgan fingerprint density at radius 2 is 1.80 bits per heavy atom. The molecule has 3 nitrogen and oxygen atoms in total. The third-order valence-electron chi connectivity index (χ3n) is 3.49. The van der Waals surface area contributed by atoms with Crippen LogP contribution in [0.1, 0.15) is 12.5 Å². The Hall–Kier alpha value is -2.55. The molecule has 3 N–H and O–H groups in total. The Bertz CT molecular complexity index is 733. The van der Waals surface area contributed by atoms with Gasteiger partial charge in [0, 0.05) is 40.2 Å². The van der Waals surface area contributed by atoms with E-state index in [2.05, 4.69) is 41.5 Å². The molecule has 0 fully saturated rings. The molecule has 0 saturated heterocycles. The molecule has 0 unspecified atom stereocenters. The quantitative estimate of drug-likeness (QED) is 0.699. The lowest BCUT2D eigenvalue weighted by Gasteiger charge is -2.11. The first-order valence-corrected chi connectivity index (χ1v) is 6.76. The van der Waals surface area contributed by atoms with Crippen molar-refractivity contribution in [1.29, 1.82) is 0 Å². The van der Waals surface area contributed by atoms with Gasteiger partial charge in [0.2, 0.25) is 0 Å². The molecule has 0 aliphatic rings. The molecule has 0 bridgehead atoms. The van der Waals surface area contributed by atoms with E-state index in [0.29, 0.717) is 0 Å². The van der Waals surface area contributed by atoms with Gasteiger partial charge in [-0.3, -0.25) is 4.98 Å². The summed E-state index contributed by atoms with van der Waals surface area (Å²) in [5.41, 5.74) is 10.2. The largest absolute Gasteiger partial charge is 0.398 e. The van der Waals surface area contributed by atoms with Crippen molar-refractivity contribution in [2.45, 2.75) is 13.3 Å². The summed E-state index contributed by atoms with van der Waals surface area (Å²) in [5.74, 6) is 0. The van der Waals surface area contributed by atoms with Crippen LogP contribution in [0.5, 0.6) is 0 Å². The van der Waals surface area contributed by atoms with Crippen LogP contribution >= 0.6 is 0 Å². The van der Waals surface area contributed by atoms with Gasteiger partial charge in [0.05, 0.1) is 0 Å². The number of nitrogens with two attached hydrogens (primary N) is 1. The second-order valence-corrected chi connectivity index (χ2v) is 4.80. The maximum atomic E-state index is 6.00. The number of aromatic nitrogens is 1. The van der Waals surface area contributed by atoms with Crippen LogP contribution < -0.4 is 11.1 Å². The van der Waals surface area contributed by atoms with Crippen molar-refractivity contribution in [1.82, 2.24) is 4.98 Å². The van der Waals surface area contributed by atoms with E-state index in [-0.39, 0.29) is 0 Å². The number of pyridine rings is 1. The van der Waals surface area contributed by atoms with E-state index in [4.69, 9.17) is 5.73 Å². The van der Waals surface area contributed by atoms with Gasteiger partial charge in [-0.1, -0.05) is 19.1 Å². The lowest BCUT2D eigenvalue weighted by molar-refractivity contribution is 1.14. The fraction of sp³-hybridized carbons (Fsp3) is 0.118. The Balaban J connectivity index is 2.00. The molecule has 0 atom stereocenters. The minimum atomic E-state index is 0.772. The van der Waals surface area contributed by atoms with Crippen LogP contribution in [-0.4, -0.2) is 4.98 Å². The summed E-state index contributed by atoms with van der Waals surface area (Å²) in [6, 6.07) is 14.3. The number of anilines is 3. The highest BCUT2D eigenvalue weighted by atomic mass is 14.9. The van der Waals surface area contributed by atoms with Crippen LogP contribution in [0, 0.1) is 0 Å². The normalized spacial score (nSPS) is 10.7. The van der Waals surface area contributed by atoms with Crippen molar-refractivity contribution < 1.29 is 0 Å². The van der Waals surface area contributed by atoms with E-state index in [9.17, 15) is 0 Å². The van der Waals surface area contributed by atoms with Gasteiger partial charge in [0.15, 0.2) is 0 Å². The number of nitrogen functional groups attached to an aromatic ring is 1. The Labute approximate surface area is 118 Å². The Morgan fingerprint density at radius 1 is 1.00 bits per heavy atom. The number of hydrogen-bond donors (Lipinski definition) is 2. The van der Waals surface area contributed by atoms with E-state index in [1.54, 1.807) is 6.20 Å². The molecule has 3 aromatic rings. The van der Waals surface area contributed by atoms with Gasteiger partial charge in [0.25, 0.3) is 0 Å². The van der Waals surface area contributed by atoms with Gasteiger partial charge < -0.3 is 11.1 Å². The summed E-state index contributed by atoms with van der Waals surface area (Å²) >= 11 is 0. The number of benzene rings is 2. The predicted molar refractivity (Wildman–Crippen MR) is 85.3 cm³/mol. The molecule has 0 spiro atoms. The molecule has 3 rings (SSSR count). The summed E-state index contributed by atoms with van der Waals surface area (Å²) in [6.07, 6.45) is 4.65. The standard InChI is InChI=1S/C17H17N3/c1-2-12-3-5-13(6-4-12)20-17-8-7-16(18)14-9-10-19-11-15(14)17/h3-11,20H,2,18H2,1H3. The minimum absolute atomic E-state index is 0.772. The molecular weight excluding hydrogens is 246 g/mol. The first-order valence-electron chi connectivity index (χ1n) is 6.76. The van der Waals surface area contributed by atoms with E-state index in [1.807, 2.05) is 24.4 Å². The van der Waals surface area contributed by atoms with Crippen molar-refractivity contribution in [3.8, 4) is 0 Å². The van der Waals surface area contributed by atoms with Crippen LogP contribution in [0.15, 0.2) is 54.9 Å². The molecule has 0 aliphatic heterocycles. The lowest BCUT2D eigenvalue weighted by Crippen LogP contribution is -1.95. The third kappa shape index (κ3) is 2.30. The fourth-order valence-corrected chi connectivity index (χ4v) is 2.30. The zero-order valence-electron chi connectivity index (χ0n) is 11.4. The highest BCUT2D eigenvalue weighted by molar-refractivity contribution is 6.01. The maximum absolute atomic E-state index is 6.00. The van der Waals surface area contributed by atoms with Crippen molar-refractivity contribution in [3.63, 3.8) is 0 Å². The Kier molecular flexibility index (Phi) is 3.25. The van der Waals surface area contributed by atoms with Crippen LogP contribution in [0.25, 0.3) is 10.8 Å². The zero-order valence-corrected chi connectivity index (χ0v) is 11.4. The monoisotopic (exact) mass is 263 g/mol. The summed E-state index contributed by atoms with van der Waals surface area (Å²) in [6.45, 7) is 2.15. The number of fused-ring (bicyclic) bond motifs is 1. The highest BCUT2D eigenvalue weighted by Crippen LogP contribution is 2.29. The SMILES string of the molecule is CCc1ccc(Nc2ccc(N)c3ccncc23)cc1. The summed E-state index contributed by atoms with van der Waals surface area (Å²) < 4.78 is 0. The molecular formula is C17H17N3. The van der Waals surface area contributed by atoms with Crippen molar-refractivity contribution in [2.75, 3.05) is 11.1 Å². The van der Waals surface area contributed by atoms with Crippen LogP contribution in [0.4, 0.5) is 17.1 Å². The van der Waals surface area contributed by atoms with Crippen molar-refractivity contribution >= 4 is 27.8 Å². The number of nitrogens with zero attached hydrogens (tertiary/aromatic N) is 1. The molecule has 100 valence electrons. The highest BCUT2D eigenvalue weighted by Gasteiger charge is 2.04. The van der Waals surface area contributed by atoms with Gasteiger partial charge >= 0.3 is 0 Å². The number of nitrogens with one attached hydrogen (secondary N) is 1. The van der Waals surface area contributed by atoms with Crippen molar-refractivity contribution in [3.05, 3.63) is 60.4 Å². The zero-order chi connectivity index (χ0) is 13.9. The molecule has 2 aromatic carbocycles. The molecule has 1 aromatic heterocycles. The molecule has 0 radical (unpaired) electrons. The van der Waals surface area contributed by atoms with E-state index >= 15 is 0 Å². The van der Waals surface area contributed by atoms with Gasteiger partial charge in [-0.25, -0.2) is 0 Å². The maximum Gasteiger partial charge on any atom is 0.0481 e. The molecule has 1 heterocycles. The smallest absolute Gasteiger partial charge is 0.0481 e. The fourth-order valence-electron chi connectivity index (χ4n) is 2.30. The van der Waals surface area contributed by atoms with Crippen molar-refractivity contribution in [2.24, 2.45) is 0 Å². The summed E-state index contributed by atoms with van der Waals surface area (Å²) in [7, 11) is 0. The second kappa shape index (κ2) is 5.21. The first-order chi connectivity index (χ1) is 9.78. The molecule has 0 amide bonds. The van der Waals surface area contributed by atoms with E-state index < -0.39 is 0 Å². The number of rotatable bonds is 3. The van der Waals surface area contributed by atoms with E-state index in [1.165, 1.54) is 5.56 Å². The lowest BCUT2D eigenvalue weighted by atomic mass is 10.1. The van der Waals surface area contributed by atoms with Gasteiger partial charge in [-0.15, -0.1) is 0 Å².